The number of aromatic nitrogens is 2. The number of nitrogens with one attached hydrogen (secondary N) is 1. The van der Waals surface area contributed by atoms with Crippen LogP contribution in [0.15, 0.2) is 65.8 Å². The van der Waals surface area contributed by atoms with Gasteiger partial charge in [-0.05, 0) is 35.9 Å². The van der Waals surface area contributed by atoms with Crippen molar-refractivity contribution < 1.29 is 22.0 Å². The van der Waals surface area contributed by atoms with E-state index in [0.717, 1.165) is 12.1 Å². The lowest BCUT2D eigenvalue weighted by molar-refractivity contribution is 0.103. The number of benzene rings is 2. The zero-order chi connectivity index (χ0) is 21.5. The molecule has 0 unspecified atom stereocenters. The topological polar surface area (TPSA) is 79.9 Å². The molecule has 0 spiro atoms. The highest BCUT2D eigenvalue weighted by Crippen LogP contribution is 2.28. The Morgan fingerprint density at radius 3 is 2.33 bits per heavy atom. The summed E-state index contributed by atoms with van der Waals surface area (Å²) in [6, 6.07) is 11.2. The number of carbonyl (C=O) groups excluding carboxylic acids is 1. The molecule has 4 aromatic rings. The van der Waals surface area contributed by atoms with Crippen LogP contribution in [0.3, 0.4) is 0 Å². The normalized spacial score (nSPS) is 11.7. The number of ketones is 1. The fourth-order valence-corrected chi connectivity index (χ4v) is 4.10. The maximum absolute atomic E-state index is 14.1. The van der Waals surface area contributed by atoms with E-state index in [4.69, 9.17) is 0 Å². The molecular formula is C22H16F2N2O3S. The van der Waals surface area contributed by atoms with Crippen LogP contribution in [0.2, 0.25) is 0 Å². The predicted octanol–water partition coefficient (Wildman–Crippen LogP) is 4.53. The molecule has 0 saturated carbocycles. The minimum atomic E-state index is -3.32. The third-order valence-electron chi connectivity index (χ3n) is 4.89. The van der Waals surface area contributed by atoms with Gasteiger partial charge in [-0.25, -0.2) is 22.2 Å². The highest BCUT2D eigenvalue weighted by atomic mass is 32.2. The van der Waals surface area contributed by atoms with Gasteiger partial charge >= 0.3 is 0 Å². The first kappa shape index (κ1) is 19.9. The number of fused-ring (bicyclic) bond motifs is 1. The van der Waals surface area contributed by atoms with Gasteiger partial charge in [0.25, 0.3) is 0 Å². The van der Waals surface area contributed by atoms with E-state index in [1.165, 1.54) is 24.4 Å². The Labute approximate surface area is 171 Å². The minimum Gasteiger partial charge on any atom is -0.345 e. The number of hydrogen-bond donors (Lipinski definition) is 1. The molecule has 4 rings (SSSR count). The number of sulfone groups is 1. The average Bonchev–Trinajstić information content (AvgIpc) is 3.17. The fourth-order valence-electron chi connectivity index (χ4n) is 3.22. The smallest absolute Gasteiger partial charge is 0.201 e. The largest absolute Gasteiger partial charge is 0.345 e. The summed E-state index contributed by atoms with van der Waals surface area (Å²) in [4.78, 5) is 20.1. The number of halogens is 2. The first-order valence-corrected chi connectivity index (χ1v) is 10.8. The van der Waals surface area contributed by atoms with Crippen molar-refractivity contribution in [3.8, 4) is 11.1 Å². The Morgan fingerprint density at radius 2 is 1.70 bits per heavy atom. The van der Waals surface area contributed by atoms with E-state index in [1.807, 2.05) is 0 Å². The van der Waals surface area contributed by atoms with E-state index in [9.17, 15) is 22.0 Å². The van der Waals surface area contributed by atoms with Gasteiger partial charge in [0.2, 0.25) is 5.78 Å². The number of hydrogen-bond acceptors (Lipinski definition) is 4. The van der Waals surface area contributed by atoms with Gasteiger partial charge in [0.15, 0.2) is 9.84 Å². The molecule has 2 aromatic carbocycles. The van der Waals surface area contributed by atoms with Crippen molar-refractivity contribution in [2.45, 2.75) is 11.8 Å². The molecule has 0 atom stereocenters. The van der Waals surface area contributed by atoms with Crippen LogP contribution in [-0.2, 0) is 9.84 Å². The average molecular weight is 426 g/mol. The van der Waals surface area contributed by atoms with Crippen molar-refractivity contribution in [2.75, 3.05) is 5.75 Å². The Bertz CT molecular complexity index is 1360. The van der Waals surface area contributed by atoms with Crippen molar-refractivity contribution in [2.24, 2.45) is 0 Å². The van der Waals surface area contributed by atoms with Gasteiger partial charge in [-0.2, -0.15) is 0 Å². The fraction of sp³-hybridized carbons (Fsp3) is 0.0909. The van der Waals surface area contributed by atoms with Gasteiger partial charge in [0, 0.05) is 28.9 Å². The molecule has 0 aliphatic rings. The quantitative estimate of drug-likeness (QED) is 0.476. The van der Waals surface area contributed by atoms with Crippen LogP contribution in [0.25, 0.3) is 22.2 Å². The summed E-state index contributed by atoms with van der Waals surface area (Å²) in [5.74, 6) is -2.67. The van der Waals surface area contributed by atoms with Crippen LogP contribution in [0.1, 0.15) is 22.8 Å². The number of nitrogens with zero attached hydrogens (tertiary/aromatic N) is 1. The zero-order valence-electron chi connectivity index (χ0n) is 15.8. The molecule has 0 saturated heterocycles. The highest BCUT2D eigenvalue weighted by Gasteiger charge is 2.22. The molecule has 1 N–H and O–H groups in total. The van der Waals surface area contributed by atoms with Crippen LogP contribution in [0.5, 0.6) is 0 Å². The lowest BCUT2D eigenvalue weighted by Crippen LogP contribution is -2.07. The Hall–Kier alpha value is -3.39. The van der Waals surface area contributed by atoms with Gasteiger partial charge < -0.3 is 4.98 Å². The van der Waals surface area contributed by atoms with Gasteiger partial charge in [-0.15, -0.1) is 0 Å². The van der Waals surface area contributed by atoms with Crippen LogP contribution < -0.4 is 0 Å². The van der Waals surface area contributed by atoms with Crippen molar-refractivity contribution >= 4 is 26.7 Å². The Kier molecular flexibility index (Phi) is 4.95. The second-order valence-electron chi connectivity index (χ2n) is 6.68. The molecule has 0 amide bonds. The van der Waals surface area contributed by atoms with Crippen molar-refractivity contribution in [1.82, 2.24) is 9.97 Å². The maximum atomic E-state index is 14.1. The van der Waals surface area contributed by atoms with E-state index in [0.29, 0.717) is 22.2 Å². The highest BCUT2D eigenvalue weighted by molar-refractivity contribution is 7.91. The molecule has 0 aliphatic heterocycles. The monoisotopic (exact) mass is 426 g/mol. The summed E-state index contributed by atoms with van der Waals surface area (Å²) in [5, 5.41) is 0.408. The Morgan fingerprint density at radius 1 is 1.03 bits per heavy atom. The summed E-state index contributed by atoms with van der Waals surface area (Å²) < 4.78 is 52.1. The number of pyridine rings is 1. The SMILES string of the molecule is CCS(=O)(=O)c1ccc(-c2cnc3[nH]cc(C(=O)c4c(F)cccc4F)c3c2)cc1. The molecular weight excluding hydrogens is 410 g/mol. The van der Waals surface area contributed by atoms with Crippen molar-refractivity contribution in [1.29, 1.82) is 0 Å². The van der Waals surface area contributed by atoms with E-state index < -0.39 is 32.8 Å². The van der Waals surface area contributed by atoms with E-state index >= 15 is 0 Å². The van der Waals surface area contributed by atoms with Crippen LogP contribution >= 0.6 is 0 Å². The molecule has 152 valence electrons. The third-order valence-corrected chi connectivity index (χ3v) is 6.64. The van der Waals surface area contributed by atoms with Gasteiger partial charge in [-0.3, -0.25) is 4.79 Å². The standard InChI is InChI=1S/C22H16F2N2O3S/c1-2-30(28,29)15-8-6-13(7-9-15)14-10-16-17(12-26-22(16)25-11-14)21(27)20-18(23)4-3-5-19(20)24/h3-12H,2H2,1H3,(H,25,26). The molecule has 5 nitrogen and oxygen atoms in total. The van der Waals surface area contributed by atoms with Crippen LogP contribution in [-0.4, -0.2) is 29.9 Å². The maximum Gasteiger partial charge on any atom is 0.201 e. The summed E-state index contributed by atoms with van der Waals surface area (Å²) in [7, 11) is -3.32. The second-order valence-corrected chi connectivity index (χ2v) is 8.95. The first-order chi connectivity index (χ1) is 14.3. The molecule has 0 bridgehead atoms. The van der Waals surface area contributed by atoms with Crippen molar-refractivity contribution in [3.63, 3.8) is 0 Å². The van der Waals surface area contributed by atoms with Crippen LogP contribution in [0, 0.1) is 11.6 Å². The number of carbonyl (C=O) groups is 1. The van der Waals surface area contributed by atoms with Gasteiger partial charge in [0.1, 0.15) is 17.3 Å². The lowest BCUT2D eigenvalue weighted by atomic mass is 10.0. The third kappa shape index (κ3) is 3.39. The first-order valence-electron chi connectivity index (χ1n) is 9.11. The number of aromatic amines is 1. The minimum absolute atomic E-state index is 0.00128. The molecule has 2 aromatic heterocycles. The molecule has 2 heterocycles. The Balaban J connectivity index is 1.78. The predicted molar refractivity (Wildman–Crippen MR) is 109 cm³/mol. The van der Waals surface area contributed by atoms with E-state index in [1.54, 1.807) is 31.3 Å². The zero-order valence-corrected chi connectivity index (χ0v) is 16.6. The summed E-state index contributed by atoms with van der Waals surface area (Å²) >= 11 is 0. The number of H-pyrrole nitrogens is 1. The molecule has 0 radical (unpaired) electrons. The molecule has 8 heteroatoms. The van der Waals surface area contributed by atoms with Crippen LogP contribution in [0.4, 0.5) is 8.78 Å². The second kappa shape index (κ2) is 7.46. The summed E-state index contributed by atoms with van der Waals surface area (Å²) in [6.07, 6.45) is 2.94. The van der Waals surface area contributed by atoms with Crippen molar-refractivity contribution in [3.05, 3.63) is 83.7 Å². The molecule has 0 fully saturated rings. The molecule has 0 aliphatic carbocycles. The van der Waals surface area contributed by atoms with E-state index in [-0.39, 0.29) is 16.2 Å². The van der Waals surface area contributed by atoms with Gasteiger partial charge in [-0.1, -0.05) is 25.1 Å². The summed E-state index contributed by atoms with van der Waals surface area (Å²) in [6.45, 7) is 1.57. The summed E-state index contributed by atoms with van der Waals surface area (Å²) in [5.41, 5.74) is 1.18. The van der Waals surface area contributed by atoms with Gasteiger partial charge in [0.05, 0.1) is 16.2 Å². The lowest BCUT2D eigenvalue weighted by Gasteiger charge is -2.06. The number of rotatable bonds is 5. The molecule has 30 heavy (non-hydrogen) atoms. The van der Waals surface area contributed by atoms with E-state index in [2.05, 4.69) is 9.97 Å².